The molecule has 0 aliphatic rings. The van der Waals surface area contributed by atoms with Crippen molar-refractivity contribution >= 4 is 0 Å². The molecule has 0 spiro atoms. The van der Waals surface area contributed by atoms with E-state index in [4.69, 9.17) is 0 Å². The van der Waals surface area contributed by atoms with Crippen molar-refractivity contribution in [2.24, 2.45) is 0 Å². The quantitative estimate of drug-likeness (QED) is 0.827. The summed E-state index contributed by atoms with van der Waals surface area (Å²) < 4.78 is 4.40. The molecule has 0 aliphatic heterocycles. The molecular weight excluding hydrogens is 212 g/mol. The number of hydrogen-bond acceptors (Lipinski definition) is 2. The molecule has 92 valence electrons. The van der Waals surface area contributed by atoms with Gasteiger partial charge in [0.05, 0.1) is 6.33 Å². The number of nitrogens with zero attached hydrogens (tertiary/aromatic N) is 3. The Morgan fingerprint density at radius 1 is 1.35 bits per heavy atom. The fraction of sp³-hybridized carbons (Fsp3) is 0.462. The smallest absolute Gasteiger partial charge is 0.0946 e. The Bertz CT molecular complexity index is 430. The van der Waals surface area contributed by atoms with Crippen molar-refractivity contribution in [2.75, 3.05) is 6.54 Å². The van der Waals surface area contributed by atoms with Crippen LogP contribution in [0.5, 0.6) is 0 Å². The number of aromatic nitrogens is 3. The standard InChI is InChI=1S/C13H20N4/c1-3-15-12(2)13-5-4-7-17(13)10-9-16-8-6-14-11-16/h4-8,11-12,15H,3,9-10H2,1-2H3. The summed E-state index contributed by atoms with van der Waals surface area (Å²) in [6, 6.07) is 4.69. The molecule has 2 heterocycles. The lowest BCUT2D eigenvalue weighted by molar-refractivity contribution is 0.511. The summed E-state index contributed by atoms with van der Waals surface area (Å²) in [5.41, 5.74) is 1.34. The van der Waals surface area contributed by atoms with Gasteiger partial charge in [-0.05, 0) is 25.6 Å². The first-order valence-corrected chi connectivity index (χ1v) is 6.15. The first-order valence-electron chi connectivity index (χ1n) is 6.15. The van der Waals surface area contributed by atoms with Crippen molar-refractivity contribution in [3.8, 4) is 0 Å². The lowest BCUT2D eigenvalue weighted by Crippen LogP contribution is -2.21. The first-order chi connectivity index (χ1) is 8.31. The Morgan fingerprint density at radius 3 is 2.94 bits per heavy atom. The van der Waals surface area contributed by atoms with Crippen molar-refractivity contribution in [1.29, 1.82) is 0 Å². The predicted molar refractivity (Wildman–Crippen MR) is 68.8 cm³/mol. The Balaban J connectivity index is 1.99. The maximum absolute atomic E-state index is 4.05. The van der Waals surface area contributed by atoms with Gasteiger partial charge in [-0.1, -0.05) is 6.92 Å². The molecular formula is C13H20N4. The van der Waals surface area contributed by atoms with E-state index in [1.54, 1.807) is 0 Å². The van der Waals surface area contributed by atoms with Gasteiger partial charge in [0.25, 0.3) is 0 Å². The van der Waals surface area contributed by atoms with E-state index in [1.807, 2.05) is 18.7 Å². The number of rotatable bonds is 6. The second-order valence-electron chi connectivity index (χ2n) is 4.21. The third-order valence-electron chi connectivity index (χ3n) is 2.98. The highest BCUT2D eigenvalue weighted by atomic mass is 15.1. The molecule has 0 amide bonds. The van der Waals surface area contributed by atoms with Crippen molar-refractivity contribution in [3.05, 3.63) is 42.7 Å². The molecule has 2 aromatic heterocycles. The number of imidazole rings is 1. The highest BCUT2D eigenvalue weighted by Crippen LogP contribution is 2.13. The van der Waals surface area contributed by atoms with E-state index in [9.17, 15) is 0 Å². The average molecular weight is 232 g/mol. The summed E-state index contributed by atoms with van der Waals surface area (Å²) in [4.78, 5) is 4.05. The van der Waals surface area contributed by atoms with Gasteiger partial charge in [0.15, 0.2) is 0 Å². The zero-order chi connectivity index (χ0) is 12.1. The zero-order valence-electron chi connectivity index (χ0n) is 10.5. The van der Waals surface area contributed by atoms with Gasteiger partial charge < -0.3 is 14.5 Å². The van der Waals surface area contributed by atoms with Crippen molar-refractivity contribution < 1.29 is 0 Å². The van der Waals surface area contributed by atoms with E-state index in [2.05, 4.69) is 51.6 Å². The molecule has 1 unspecified atom stereocenters. The van der Waals surface area contributed by atoms with Crippen LogP contribution >= 0.6 is 0 Å². The molecule has 17 heavy (non-hydrogen) atoms. The number of aryl methyl sites for hydroxylation is 2. The molecule has 0 aromatic carbocycles. The fourth-order valence-corrected chi connectivity index (χ4v) is 2.08. The van der Waals surface area contributed by atoms with Gasteiger partial charge in [0, 0.05) is 43.4 Å². The minimum atomic E-state index is 0.401. The van der Waals surface area contributed by atoms with Crippen LogP contribution in [0.3, 0.4) is 0 Å². The van der Waals surface area contributed by atoms with Crippen LogP contribution in [0.25, 0.3) is 0 Å². The summed E-state index contributed by atoms with van der Waals surface area (Å²) in [6.45, 7) is 7.27. The van der Waals surface area contributed by atoms with Crippen LogP contribution in [0.4, 0.5) is 0 Å². The molecule has 4 heteroatoms. The Labute approximate surface area is 102 Å². The van der Waals surface area contributed by atoms with Gasteiger partial charge in [0.1, 0.15) is 0 Å². The first kappa shape index (κ1) is 11.9. The molecule has 0 saturated carbocycles. The van der Waals surface area contributed by atoms with Crippen molar-refractivity contribution in [3.63, 3.8) is 0 Å². The summed E-state index contributed by atoms with van der Waals surface area (Å²) in [6.07, 6.45) is 7.81. The van der Waals surface area contributed by atoms with Gasteiger partial charge in [-0.15, -0.1) is 0 Å². The lowest BCUT2D eigenvalue weighted by Gasteiger charge is -2.16. The topological polar surface area (TPSA) is 34.8 Å². The molecule has 0 radical (unpaired) electrons. The molecule has 0 bridgehead atoms. The molecule has 4 nitrogen and oxygen atoms in total. The number of nitrogens with one attached hydrogen (secondary N) is 1. The normalized spacial score (nSPS) is 12.8. The molecule has 1 atom stereocenters. The van der Waals surface area contributed by atoms with E-state index in [0.717, 1.165) is 19.6 Å². The molecule has 0 aliphatic carbocycles. The highest BCUT2D eigenvalue weighted by Gasteiger charge is 2.08. The van der Waals surface area contributed by atoms with Gasteiger partial charge in [-0.3, -0.25) is 0 Å². The van der Waals surface area contributed by atoms with Crippen LogP contribution in [-0.4, -0.2) is 20.7 Å². The predicted octanol–water partition coefficient (Wildman–Crippen LogP) is 2.06. The maximum Gasteiger partial charge on any atom is 0.0946 e. The third kappa shape index (κ3) is 2.97. The Morgan fingerprint density at radius 2 is 2.24 bits per heavy atom. The molecule has 1 N–H and O–H groups in total. The second kappa shape index (κ2) is 5.68. The fourth-order valence-electron chi connectivity index (χ4n) is 2.08. The van der Waals surface area contributed by atoms with E-state index < -0.39 is 0 Å². The molecule has 2 rings (SSSR count). The van der Waals surface area contributed by atoms with Crippen LogP contribution in [0, 0.1) is 0 Å². The van der Waals surface area contributed by atoms with Crippen LogP contribution < -0.4 is 5.32 Å². The largest absolute Gasteiger partial charge is 0.348 e. The van der Waals surface area contributed by atoms with Gasteiger partial charge in [0.2, 0.25) is 0 Å². The third-order valence-corrected chi connectivity index (χ3v) is 2.98. The molecule has 0 saturated heterocycles. The summed E-state index contributed by atoms with van der Waals surface area (Å²) in [7, 11) is 0. The summed E-state index contributed by atoms with van der Waals surface area (Å²) in [5.74, 6) is 0. The minimum absolute atomic E-state index is 0.401. The summed E-state index contributed by atoms with van der Waals surface area (Å²) >= 11 is 0. The van der Waals surface area contributed by atoms with Crippen molar-refractivity contribution in [2.45, 2.75) is 33.0 Å². The van der Waals surface area contributed by atoms with Crippen LogP contribution in [0.15, 0.2) is 37.1 Å². The van der Waals surface area contributed by atoms with E-state index in [1.165, 1.54) is 5.69 Å². The van der Waals surface area contributed by atoms with Gasteiger partial charge in [-0.25, -0.2) is 4.98 Å². The highest BCUT2D eigenvalue weighted by molar-refractivity contribution is 5.11. The van der Waals surface area contributed by atoms with E-state index in [-0.39, 0.29) is 0 Å². The van der Waals surface area contributed by atoms with Gasteiger partial charge in [-0.2, -0.15) is 0 Å². The average Bonchev–Trinajstić information content (AvgIpc) is 2.98. The Kier molecular flexibility index (Phi) is 3.98. The van der Waals surface area contributed by atoms with Crippen LogP contribution in [0.1, 0.15) is 25.6 Å². The van der Waals surface area contributed by atoms with E-state index in [0.29, 0.717) is 6.04 Å². The minimum Gasteiger partial charge on any atom is -0.348 e. The van der Waals surface area contributed by atoms with Crippen LogP contribution in [0.2, 0.25) is 0 Å². The lowest BCUT2D eigenvalue weighted by atomic mass is 10.2. The number of hydrogen-bond donors (Lipinski definition) is 1. The zero-order valence-corrected chi connectivity index (χ0v) is 10.5. The maximum atomic E-state index is 4.05. The van der Waals surface area contributed by atoms with E-state index >= 15 is 0 Å². The second-order valence-corrected chi connectivity index (χ2v) is 4.21. The molecule has 2 aromatic rings. The Hall–Kier alpha value is -1.55. The SMILES string of the molecule is CCNC(C)c1cccn1CCn1ccnc1. The van der Waals surface area contributed by atoms with Crippen molar-refractivity contribution in [1.82, 2.24) is 19.4 Å². The van der Waals surface area contributed by atoms with Gasteiger partial charge >= 0.3 is 0 Å². The molecule has 0 fully saturated rings. The summed E-state index contributed by atoms with van der Waals surface area (Å²) in [5, 5.41) is 3.44. The monoisotopic (exact) mass is 232 g/mol. The van der Waals surface area contributed by atoms with Crippen LogP contribution in [-0.2, 0) is 13.1 Å².